The normalized spacial score (nSPS) is 22.8. The highest BCUT2D eigenvalue weighted by molar-refractivity contribution is 5.00. The van der Waals surface area contributed by atoms with Gasteiger partial charge in [0.25, 0.3) is 0 Å². The summed E-state index contributed by atoms with van der Waals surface area (Å²) in [7, 11) is 0. The molecule has 0 saturated heterocycles. The quantitative estimate of drug-likeness (QED) is 0.515. The van der Waals surface area contributed by atoms with Crippen molar-refractivity contribution in [2.75, 3.05) is 0 Å². The van der Waals surface area contributed by atoms with Crippen molar-refractivity contribution >= 4 is 0 Å². The number of hydrogen-bond donors (Lipinski definition) is 0. The third kappa shape index (κ3) is 4.33. The second-order valence-corrected chi connectivity index (χ2v) is 5.08. The van der Waals surface area contributed by atoms with E-state index in [4.69, 9.17) is 5.26 Å². The maximum Gasteiger partial charge on any atom is 0.305 e. The Kier molecular flexibility index (Phi) is 5.96. The Labute approximate surface area is 103 Å². The molecule has 0 amide bonds. The van der Waals surface area contributed by atoms with Gasteiger partial charge in [-0.15, -0.1) is 0 Å². The molecule has 0 heterocycles. The van der Waals surface area contributed by atoms with E-state index in [1.165, 1.54) is 19.3 Å². The molecule has 1 aliphatic carbocycles. The molecule has 17 heavy (non-hydrogen) atoms. The number of nitro groups is 1. The molecule has 0 bridgehead atoms. The molecule has 96 valence electrons. The average Bonchev–Trinajstić information content (AvgIpc) is 2.30. The molecule has 0 aliphatic heterocycles. The van der Waals surface area contributed by atoms with Gasteiger partial charge >= 0.3 is 5.54 Å². The smallest absolute Gasteiger partial charge is 0.263 e. The van der Waals surface area contributed by atoms with E-state index in [1.807, 2.05) is 6.07 Å². The van der Waals surface area contributed by atoms with Crippen molar-refractivity contribution in [3.8, 4) is 6.07 Å². The minimum absolute atomic E-state index is 0.348. The first-order valence-electron chi connectivity index (χ1n) is 6.77. The average molecular weight is 238 g/mol. The monoisotopic (exact) mass is 238 g/mol. The summed E-state index contributed by atoms with van der Waals surface area (Å²) in [5.41, 5.74) is -1.31. The van der Waals surface area contributed by atoms with Gasteiger partial charge in [0.15, 0.2) is 0 Å². The van der Waals surface area contributed by atoms with Gasteiger partial charge in [0.2, 0.25) is 0 Å². The number of rotatable bonds is 1. The minimum atomic E-state index is -1.31. The van der Waals surface area contributed by atoms with Gasteiger partial charge in [0, 0.05) is 17.8 Å². The Hall–Kier alpha value is -1.11. The maximum atomic E-state index is 11.1. The first kappa shape index (κ1) is 14.0. The van der Waals surface area contributed by atoms with Crippen LogP contribution in [0.1, 0.15) is 70.6 Å². The van der Waals surface area contributed by atoms with Crippen molar-refractivity contribution in [3.05, 3.63) is 10.1 Å². The van der Waals surface area contributed by atoms with Gasteiger partial charge in [-0.3, -0.25) is 10.1 Å². The second kappa shape index (κ2) is 7.26. The van der Waals surface area contributed by atoms with E-state index in [2.05, 4.69) is 0 Å². The molecular weight excluding hydrogens is 216 g/mol. The third-order valence-corrected chi connectivity index (χ3v) is 3.74. The summed E-state index contributed by atoms with van der Waals surface area (Å²) < 4.78 is 0. The number of hydrogen-bond acceptors (Lipinski definition) is 3. The highest BCUT2D eigenvalue weighted by Crippen LogP contribution is 2.26. The van der Waals surface area contributed by atoms with Gasteiger partial charge in [0.1, 0.15) is 6.07 Å². The molecular formula is C13H22N2O2. The SMILES string of the molecule is N#CC1([N+](=O)[O-])CCCCCCCCCCC1. The molecule has 0 radical (unpaired) electrons. The Morgan fingerprint density at radius 2 is 1.24 bits per heavy atom. The van der Waals surface area contributed by atoms with Crippen molar-refractivity contribution < 1.29 is 4.92 Å². The highest BCUT2D eigenvalue weighted by Gasteiger charge is 2.41. The van der Waals surface area contributed by atoms with E-state index < -0.39 is 5.54 Å². The zero-order valence-electron chi connectivity index (χ0n) is 10.5. The lowest BCUT2D eigenvalue weighted by Crippen LogP contribution is -2.36. The zero-order chi connectivity index (χ0) is 12.6. The number of nitrogens with zero attached hydrogens (tertiary/aromatic N) is 2. The Morgan fingerprint density at radius 1 is 0.882 bits per heavy atom. The van der Waals surface area contributed by atoms with Crippen LogP contribution in [0.25, 0.3) is 0 Å². The van der Waals surface area contributed by atoms with Crippen LogP contribution in [0.2, 0.25) is 0 Å². The van der Waals surface area contributed by atoms with Crippen LogP contribution in [-0.2, 0) is 0 Å². The summed E-state index contributed by atoms with van der Waals surface area (Å²) in [6.07, 6.45) is 10.6. The zero-order valence-corrected chi connectivity index (χ0v) is 10.5. The van der Waals surface area contributed by atoms with Crippen molar-refractivity contribution in [3.63, 3.8) is 0 Å². The highest BCUT2D eigenvalue weighted by atomic mass is 16.6. The van der Waals surface area contributed by atoms with Crippen LogP contribution < -0.4 is 0 Å². The van der Waals surface area contributed by atoms with Crippen molar-refractivity contribution in [2.45, 2.75) is 76.2 Å². The van der Waals surface area contributed by atoms with Crippen LogP contribution in [0.4, 0.5) is 0 Å². The van der Waals surface area contributed by atoms with Gasteiger partial charge in [-0.1, -0.05) is 44.9 Å². The first-order chi connectivity index (χ1) is 8.21. The summed E-state index contributed by atoms with van der Waals surface area (Å²) in [6.45, 7) is 0. The molecule has 0 aromatic carbocycles. The van der Waals surface area contributed by atoms with Gasteiger partial charge < -0.3 is 0 Å². The second-order valence-electron chi connectivity index (χ2n) is 5.08. The van der Waals surface area contributed by atoms with Crippen molar-refractivity contribution in [2.24, 2.45) is 0 Å². The first-order valence-corrected chi connectivity index (χ1v) is 6.77. The van der Waals surface area contributed by atoms with E-state index in [0.29, 0.717) is 12.8 Å². The molecule has 4 heteroatoms. The van der Waals surface area contributed by atoms with E-state index in [-0.39, 0.29) is 4.92 Å². The Morgan fingerprint density at radius 3 is 1.53 bits per heavy atom. The lowest BCUT2D eigenvalue weighted by molar-refractivity contribution is -0.554. The van der Waals surface area contributed by atoms with E-state index in [9.17, 15) is 10.1 Å². The summed E-state index contributed by atoms with van der Waals surface area (Å²) in [5.74, 6) is 0. The molecule has 1 rings (SSSR count). The molecule has 0 aromatic heterocycles. The van der Waals surface area contributed by atoms with Crippen LogP contribution in [-0.4, -0.2) is 10.5 Å². The third-order valence-electron chi connectivity index (χ3n) is 3.74. The Balaban J connectivity index is 2.59. The molecule has 0 unspecified atom stereocenters. The molecule has 0 spiro atoms. The van der Waals surface area contributed by atoms with Crippen LogP contribution in [0, 0.1) is 21.4 Å². The van der Waals surface area contributed by atoms with Gasteiger partial charge in [0.05, 0.1) is 0 Å². The predicted octanol–water partition coefficient (Wildman–Crippen LogP) is 3.83. The molecule has 0 N–H and O–H groups in total. The molecule has 1 saturated carbocycles. The van der Waals surface area contributed by atoms with Gasteiger partial charge in [-0.05, 0) is 12.8 Å². The van der Waals surface area contributed by atoms with Crippen LogP contribution in [0.5, 0.6) is 0 Å². The fourth-order valence-electron chi connectivity index (χ4n) is 2.53. The van der Waals surface area contributed by atoms with Crippen LogP contribution in [0.3, 0.4) is 0 Å². The Bertz CT molecular complexity index is 272. The summed E-state index contributed by atoms with van der Waals surface area (Å²) in [5, 5.41) is 20.2. The molecule has 4 nitrogen and oxygen atoms in total. The minimum Gasteiger partial charge on any atom is -0.263 e. The fraction of sp³-hybridized carbons (Fsp3) is 0.923. The van der Waals surface area contributed by atoms with E-state index in [0.717, 1.165) is 38.5 Å². The van der Waals surface area contributed by atoms with Crippen LogP contribution >= 0.6 is 0 Å². The fourth-order valence-corrected chi connectivity index (χ4v) is 2.53. The summed E-state index contributed by atoms with van der Waals surface area (Å²) in [4.78, 5) is 10.8. The number of nitriles is 1. The predicted molar refractivity (Wildman–Crippen MR) is 66.1 cm³/mol. The van der Waals surface area contributed by atoms with Crippen molar-refractivity contribution in [1.82, 2.24) is 0 Å². The van der Waals surface area contributed by atoms with E-state index >= 15 is 0 Å². The van der Waals surface area contributed by atoms with Gasteiger partial charge in [-0.25, -0.2) is 0 Å². The lowest BCUT2D eigenvalue weighted by atomic mass is 9.87. The standard InChI is InChI=1S/C13H22N2O2/c14-12-13(15(16)17)10-8-6-4-2-1-3-5-7-9-11-13/h1-11H2. The molecule has 0 aromatic rings. The maximum absolute atomic E-state index is 11.1. The largest absolute Gasteiger partial charge is 0.305 e. The summed E-state index contributed by atoms with van der Waals surface area (Å²) >= 11 is 0. The van der Waals surface area contributed by atoms with Crippen LogP contribution in [0.15, 0.2) is 0 Å². The molecule has 1 aliphatic rings. The van der Waals surface area contributed by atoms with Gasteiger partial charge in [-0.2, -0.15) is 5.26 Å². The topological polar surface area (TPSA) is 66.9 Å². The lowest BCUT2D eigenvalue weighted by Gasteiger charge is -2.18. The molecule has 0 atom stereocenters. The summed E-state index contributed by atoms with van der Waals surface area (Å²) in [6, 6.07) is 1.97. The van der Waals surface area contributed by atoms with E-state index in [1.54, 1.807) is 0 Å². The molecule has 1 fully saturated rings. The van der Waals surface area contributed by atoms with Crippen molar-refractivity contribution in [1.29, 1.82) is 5.26 Å².